The van der Waals surface area contributed by atoms with Crippen LogP contribution in [0.15, 0.2) is 206 Å². The van der Waals surface area contributed by atoms with E-state index in [1.54, 1.807) is 86.7 Å². The molecule has 0 amide bonds. The first-order chi connectivity index (χ1) is 32.6. The molecule has 0 bridgehead atoms. The van der Waals surface area contributed by atoms with E-state index in [9.17, 15) is 26.2 Å². The first-order valence-corrected chi connectivity index (χ1v) is 24.9. The largest absolute Gasteiger partial charge is 0.511 e. The second-order valence-electron chi connectivity index (χ2n) is 15.1. The molecule has 14 heteroatoms. The molecule has 7 rings (SSSR count). The number of para-hydroxylation sites is 2. The molecule has 358 valence electrons. The minimum atomic E-state index is -5.82. The molecule has 1 aliphatic heterocycles. The molecule has 6 aromatic carbocycles. The van der Waals surface area contributed by atoms with Crippen LogP contribution in [0.3, 0.4) is 0 Å². The Labute approximate surface area is 399 Å². The Hall–Kier alpha value is -6.31. The average molecular weight is 966 g/mol. The van der Waals surface area contributed by atoms with Crippen molar-refractivity contribution in [3.05, 3.63) is 229 Å². The predicted molar refractivity (Wildman–Crippen MR) is 274 cm³/mol. The van der Waals surface area contributed by atoms with Gasteiger partial charge in [-0.2, -0.15) is 13.2 Å². The quantitative estimate of drug-likeness (QED) is 0.0924. The van der Waals surface area contributed by atoms with Crippen LogP contribution in [0.5, 0.6) is 0 Å². The fraction of sp³-hybridized carbons (Fsp3) is 0.185. The number of benzene rings is 6. The Bertz CT molecular complexity index is 2500. The van der Waals surface area contributed by atoms with Crippen LogP contribution in [0.4, 0.5) is 24.5 Å². The Morgan fingerprint density at radius 3 is 1.19 bits per heavy atom. The minimum absolute atomic E-state index is 0.0938. The van der Waals surface area contributed by atoms with Gasteiger partial charge in [-0.3, -0.25) is 13.9 Å². The molecular weight excluding hydrogens is 907 g/mol. The molecule has 1 fully saturated rings. The number of nitrogens with one attached hydrogen (secondary N) is 1. The second-order valence-corrected chi connectivity index (χ2v) is 19.4. The SMILES string of the molecule is CC(/C=C/c1ccccc1)OC/C=C/c1ccccc1.CC(O)/C=C/c1ccccc1.CC(O)/C=C/c1ccccc1.O=P1(NS(=O)(=O)C(F)(F)F)N(c2ccccc2)CCN1c1ccccc1. The summed E-state index contributed by atoms with van der Waals surface area (Å²) in [5.74, 6) is 0. The number of sulfonamides is 1. The highest BCUT2D eigenvalue weighted by molar-refractivity contribution is 7.97. The first kappa shape index (κ1) is 54.3. The normalized spacial score (nSPS) is 14.9. The molecule has 0 aromatic heterocycles. The summed E-state index contributed by atoms with van der Waals surface area (Å²) in [7, 11) is -10.2. The Morgan fingerprint density at radius 2 is 0.868 bits per heavy atom. The number of hydrogen-bond donors (Lipinski definition) is 3. The maximum Gasteiger partial charge on any atom is 0.511 e. The lowest BCUT2D eigenvalue weighted by Crippen LogP contribution is -2.40. The third-order valence-electron chi connectivity index (χ3n) is 9.49. The molecule has 1 heterocycles. The number of aliphatic hydroxyl groups is 2. The zero-order valence-corrected chi connectivity index (χ0v) is 39.9. The van der Waals surface area contributed by atoms with Crippen LogP contribution >= 0.6 is 7.59 Å². The molecule has 0 radical (unpaired) electrons. The summed E-state index contributed by atoms with van der Waals surface area (Å²) in [5.41, 5.74) is -0.219. The smallest absolute Gasteiger partial charge is 0.389 e. The topological polar surface area (TPSA) is 119 Å². The molecule has 3 atom stereocenters. The number of halogens is 3. The molecule has 3 unspecified atom stereocenters. The van der Waals surface area contributed by atoms with E-state index in [2.05, 4.69) is 49.4 Å². The second kappa shape index (κ2) is 28.1. The molecule has 0 spiro atoms. The Balaban J connectivity index is 0.000000212. The number of aliphatic hydroxyl groups excluding tert-OH is 2. The molecule has 9 nitrogen and oxygen atoms in total. The standard InChI is InChI=1S/C19H20O.C15H15F3N3O3PS.2C10H12O/c1-17(14-15-19-11-6-3-7-12-19)20-16-8-13-18-9-4-2-5-10-18;16-15(17,18)26(23,24)19-25(22)20(13-7-3-1-4-8-13)11-12-21(25)14-9-5-2-6-10-14;2*1-9(11)7-8-10-5-3-2-4-6-10/h2-15,17H,16H2,1H3;1-10H,11-12H2,(H,19,22);2*2-9,11H,1H3/b13-8+,15-14+;;2*8-7+. The third kappa shape index (κ3) is 19.1. The minimum Gasteiger partial charge on any atom is -0.389 e. The third-order valence-corrected chi connectivity index (χ3v) is 14.2. The lowest BCUT2D eigenvalue weighted by Gasteiger charge is -2.32. The summed E-state index contributed by atoms with van der Waals surface area (Å²) in [6.07, 6.45) is 15.0. The van der Waals surface area contributed by atoms with E-state index < -0.39 is 23.1 Å². The number of rotatable bonds is 14. The number of hydrogen-bond acceptors (Lipinski definition) is 6. The first-order valence-electron chi connectivity index (χ1n) is 21.8. The van der Waals surface area contributed by atoms with Gasteiger partial charge in [0.1, 0.15) is 0 Å². The van der Waals surface area contributed by atoms with Crippen molar-refractivity contribution in [1.82, 2.24) is 4.49 Å². The van der Waals surface area contributed by atoms with Gasteiger partial charge in [0.2, 0.25) is 0 Å². The van der Waals surface area contributed by atoms with E-state index in [4.69, 9.17) is 14.9 Å². The number of nitrogens with zero attached hydrogens (tertiary/aromatic N) is 2. The number of alkyl halides is 3. The molecule has 6 aromatic rings. The van der Waals surface area contributed by atoms with Gasteiger partial charge >= 0.3 is 23.1 Å². The molecule has 68 heavy (non-hydrogen) atoms. The summed E-state index contributed by atoms with van der Waals surface area (Å²) < 4.78 is 85.2. The summed E-state index contributed by atoms with van der Waals surface area (Å²) in [6.45, 7) is 6.33. The van der Waals surface area contributed by atoms with E-state index in [0.717, 1.165) is 11.1 Å². The Morgan fingerprint density at radius 1 is 0.559 bits per heavy atom. The molecule has 0 saturated carbocycles. The fourth-order valence-electron chi connectivity index (χ4n) is 6.12. The van der Waals surface area contributed by atoms with Crippen LogP contribution in [-0.2, 0) is 19.3 Å². The molecular formula is C54H59F3N3O6PS. The van der Waals surface area contributed by atoms with Gasteiger partial charge in [-0.15, -0.1) is 4.49 Å². The summed E-state index contributed by atoms with van der Waals surface area (Å²) >= 11 is 0. The van der Waals surface area contributed by atoms with E-state index in [1.807, 2.05) is 115 Å². The zero-order valence-electron chi connectivity index (χ0n) is 38.2. The van der Waals surface area contributed by atoms with Gasteiger partial charge in [0.25, 0.3) is 0 Å². The van der Waals surface area contributed by atoms with E-state index in [-0.39, 0.29) is 31.4 Å². The maximum atomic E-state index is 13.6. The molecule has 1 saturated heterocycles. The van der Waals surface area contributed by atoms with Crippen molar-refractivity contribution >= 4 is 53.3 Å². The number of ether oxygens (including phenoxy) is 1. The van der Waals surface area contributed by atoms with Gasteiger partial charge < -0.3 is 14.9 Å². The van der Waals surface area contributed by atoms with Crippen molar-refractivity contribution < 1.29 is 41.1 Å². The van der Waals surface area contributed by atoms with Crippen molar-refractivity contribution in [2.45, 2.75) is 44.6 Å². The predicted octanol–water partition coefficient (Wildman–Crippen LogP) is 12.5. The van der Waals surface area contributed by atoms with Crippen LogP contribution in [-0.4, -0.2) is 62.1 Å². The van der Waals surface area contributed by atoms with E-state index >= 15 is 0 Å². The van der Waals surface area contributed by atoms with Crippen LogP contribution in [0.25, 0.3) is 24.3 Å². The van der Waals surface area contributed by atoms with Crippen molar-refractivity contribution in [3.63, 3.8) is 0 Å². The maximum absolute atomic E-state index is 13.6. The lowest BCUT2D eigenvalue weighted by molar-refractivity contribution is -0.0441. The van der Waals surface area contributed by atoms with Gasteiger partial charge in [0, 0.05) is 24.5 Å². The van der Waals surface area contributed by atoms with Crippen LogP contribution in [0.1, 0.15) is 43.0 Å². The highest BCUT2D eigenvalue weighted by atomic mass is 32.2. The van der Waals surface area contributed by atoms with E-state index in [0.29, 0.717) is 18.0 Å². The fourth-order valence-corrected chi connectivity index (χ4v) is 10.4. The summed E-state index contributed by atoms with van der Waals surface area (Å²) in [6, 6.07) is 56.5. The van der Waals surface area contributed by atoms with Crippen LogP contribution in [0, 0.1) is 0 Å². The summed E-state index contributed by atoms with van der Waals surface area (Å²) in [4.78, 5) is 0. The highest BCUT2D eigenvalue weighted by Gasteiger charge is 2.54. The average Bonchev–Trinajstić information content (AvgIpc) is 3.68. The zero-order chi connectivity index (χ0) is 49.3. The van der Waals surface area contributed by atoms with Gasteiger partial charge in [0.15, 0.2) is 0 Å². The van der Waals surface area contributed by atoms with Crippen LogP contribution in [0.2, 0.25) is 0 Å². The van der Waals surface area contributed by atoms with Gasteiger partial charge in [-0.25, -0.2) is 8.42 Å². The van der Waals surface area contributed by atoms with E-state index in [1.165, 1.54) is 25.0 Å². The van der Waals surface area contributed by atoms with Gasteiger partial charge in [-0.05, 0) is 67.3 Å². The molecule has 1 aliphatic rings. The van der Waals surface area contributed by atoms with Crippen molar-refractivity contribution in [2.24, 2.45) is 0 Å². The van der Waals surface area contributed by atoms with Crippen molar-refractivity contribution in [2.75, 3.05) is 29.0 Å². The number of anilines is 2. The van der Waals surface area contributed by atoms with Crippen molar-refractivity contribution in [3.8, 4) is 0 Å². The summed E-state index contributed by atoms with van der Waals surface area (Å²) in [5, 5.41) is 17.9. The monoisotopic (exact) mass is 965 g/mol. The molecule has 0 aliphatic carbocycles. The Kier molecular flexibility index (Phi) is 22.5. The van der Waals surface area contributed by atoms with Crippen molar-refractivity contribution in [1.29, 1.82) is 0 Å². The van der Waals surface area contributed by atoms with Gasteiger partial charge in [-0.1, -0.05) is 206 Å². The lowest BCUT2D eigenvalue weighted by atomic mass is 10.2. The highest BCUT2D eigenvalue weighted by Crippen LogP contribution is 2.58. The molecule has 3 N–H and O–H groups in total. The van der Waals surface area contributed by atoms with Crippen LogP contribution < -0.4 is 13.8 Å². The van der Waals surface area contributed by atoms with Gasteiger partial charge in [0.05, 0.1) is 24.9 Å².